The highest BCUT2D eigenvalue weighted by atomic mass is 32.2. The smallest absolute Gasteiger partial charge is 0.242 e. The molecule has 0 N–H and O–H groups in total. The Morgan fingerprint density at radius 3 is 2.68 bits per heavy atom. The number of pyridine rings is 1. The fourth-order valence-corrected chi connectivity index (χ4v) is 4.16. The second-order valence-corrected chi connectivity index (χ2v) is 7.92. The number of aromatic nitrogens is 3. The van der Waals surface area contributed by atoms with Gasteiger partial charge in [-0.3, -0.25) is 14.7 Å². The van der Waals surface area contributed by atoms with E-state index in [1.165, 1.54) is 5.56 Å². The van der Waals surface area contributed by atoms with Gasteiger partial charge >= 0.3 is 0 Å². The molecule has 0 saturated carbocycles. The van der Waals surface area contributed by atoms with E-state index in [9.17, 15) is 4.79 Å². The van der Waals surface area contributed by atoms with Gasteiger partial charge in [-0.2, -0.15) is 11.8 Å². The third-order valence-corrected chi connectivity index (χ3v) is 5.70. The van der Waals surface area contributed by atoms with Gasteiger partial charge in [0.2, 0.25) is 5.91 Å². The van der Waals surface area contributed by atoms with Crippen LogP contribution in [0, 0.1) is 0 Å². The number of carbonyl (C=O) groups excluding carboxylic acids is 1. The van der Waals surface area contributed by atoms with Crippen molar-refractivity contribution in [1.29, 1.82) is 0 Å². The molecule has 1 aliphatic heterocycles. The number of benzene rings is 1. The van der Waals surface area contributed by atoms with Gasteiger partial charge in [0, 0.05) is 45.1 Å². The van der Waals surface area contributed by atoms with Crippen molar-refractivity contribution >= 4 is 28.7 Å². The Balaban J connectivity index is 1.40. The van der Waals surface area contributed by atoms with Crippen molar-refractivity contribution in [3.8, 4) is 0 Å². The van der Waals surface area contributed by atoms with E-state index >= 15 is 0 Å². The lowest BCUT2D eigenvalue weighted by Gasteiger charge is -2.35. The number of imidazole rings is 1. The van der Waals surface area contributed by atoms with Crippen LogP contribution in [0.3, 0.4) is 0 Å². The summed E-state index contributed by atoms with van der Waals surface area (Å²) >= 11 is 1.73. The van der Waals surface area contributed by atoms with E-state index in [0.29, 0.717) is 6.54 Å². The van der Waals surface area contributed by atoms with Gasteiger partial charge in [0.15, 0.2) is 0 Å². The average molecular weight is 396 g/mol. The Kier molecular flexibility index (Phi) is 5.92. The summed E-state index contributed by atoms with van der Waals surface area (Å²) in [4.78, 5) is 26.2. The molecule has 1 amide bonds. The number of fused-ring (bicyclic) bond motifs is 1. The van der Waals surface area contributed by atoms with Gasteiger partial charge in [0.05, 0.1) is 16.8 Å². The lowest BCUT2D eigenvalue weighted by molar-refractivity contribution is -0.133. The van der Waals surface area contributed by atoms with E-state index in [1.807, 2.05) is 41.4 Å². The van der Waals surface area contributed by atoms with E-state index in [4.69, 9.17) is 4.98 Å². The van der Waals surface area contributed by atoms with Crippen LogP contribution >= 0.6 is 11.8 Å². The molecule has 1 aliphatic rings. The third-order valence-electron chi connectivity index (χ3n) is 5.15. The van der Waals surface area contributed by atoms with Crippen molar-refractivity contribution in [1.82, 2.24) is 24.3 Å². The number of thioether (sulfide) groups is 1. The van der Waals surface area contributed by atoms with Crippen molar-refractivity contribution in [2.24, 2.45) is 0 Å². The summed E-state index contributed by atoms with van der Waals surface area (Å²) in [5, 5.41) is 0. The Morgan fingerprint density at radius 1 is 1.11 bits per heavy atom. The molecule has 0 atom stereocenters. The molecule has 0 bridgehead atoms. The van der Waals surface area contributed by atoms with Crippen LogP contribution in [0.2, 0.25) is 0 Å². The molecule has 0 spiro atoms. The Morgan fingerprint density at radius 2 is 1.93 bits per heavy atom. The van der Waals surface area contributed by atoms with Crippen LogP contribution in [-0.4, -0.2) is 62.7 Å². The first-order valence-electron chi connectivity index (χ1n) is 9.56. The number of nitrogens with zero attached hydrogens (tertiary/aromatic N) is 5. The number of carbonyl (C=O) groups is 1. The van der Waals surface area contributed by atoms with Gasteiger partial charge in [-0.1, -0.05) is 18.2 Å². The molecule has 0 radical (unpaired) electrons. The van der Waals surface area contributed by atoms with Crippen molar-refractivity contribution < 1.29 is 4.79 Å². The highest BCUT2D eigenvalue weighted by Gasteiger charge is 2.23. The van der Waals surface area contributed by atoms with Crippen LogP contribution in [0.4, 0.5) is 0 Å². The molecule has 7 heteroatoms. The van der Waals surface area contributed by atoms with Gasteiger partial charge in [-0.05, 0) is 30.0 Å². The minimum Gasteiger partial charge on any atom is -0.339 e. The van der Waals surface area contributed by atoms with Crippen molar-refractivity contribution in [3.05, 3.63) is 60.2 Å². The quantitative estimate of drug-likeness (QED) is 0.642. The Bertz CT molecular complexity index is 934. The van der Waals surface area contributed by atoms with Crippen LogP contribution in [0.25, 0.3) is 11.0 Å². The summed E-state index contributed by atoms with van der Waals surface area (Å²) in [5.74, 6) is 1.95. The first-order valence-corrected chi connectivity index (χ1v) is 11.0. The fourth-order valence-electron chi connectivity index (χ4n) is 3.68. The second kappa shape index (κ2) is 8.75. The minimum absolute atomic E-state index is 0.173. The Labute approximate surface area is 169 Å². The maximum atomic E-state index is 13.0. The van der Waals surface area contributed by atoms with Gasteiger partial charge < -0.3 is 9.47 Å². The monoisotopic (exact) mass is 395 g/mol. The molecule has 3 heterocycles. The van der Waals surface area contributed by atoms with E-state index in [0.717, 1.165) is 55.3 Å². The molecule has 28 heavy (non-hydrogen) atoms. The minimum atomic E-state index is 0.173. The SMILES string of the molecule is CSCc1nc2ccccc2n1CC(=O)N1CCN(Cc2cccnc2)CC1. The average Bonchev–Trinajstić information content (AvgIpc) is 3.07. The van der Waals surface area contributed by atoms with E-state index in [1.54, 1.807) is 18.0 Å². The normalized spacial score (nSPS) is 15.2. The van der Waals surface area contributed by atoms with Gasteiger partial charge in [-0.25, -0.2) is 4.98 Å². The topological polar surface area (TPSA) is 54.3 Å². The summed E-state index contributed by atoms with van der Waals surface area (Å²) in [7, 11) is 0. The van der Waals surface area contributed by atoms with Crippen molar-refractivity contribution in [2.75, 3.05) is 32.4 Å². The molecule has 0 unspecified atom stereocenters. The summed E-state index contributed by atoms with van der Waals surface area (Å²) in [5.41, 5.74) is 3.21. The molecule has 146 valence electrons. The largest absolute Gasteiger partial charge is 0.339 e. The molecule has 6 nitrogen and oxygen atoms in total. The molecule has 0 aliphatic carbocycles. The molecule has 2 aromatic heterocycles. The number of rotatable bonds is 6. The molecule has 1 saturated heterocycles. The molecule has 4 rings (SSSR count). The lowest BCUT2D eigenvalue weighted by Crippen LogP contribution is -2.49. The van der Waals surface area contributed by atoms with Crippen molar-refractivity contribution in [2.45, 2.75) is 18.8 Å². The zero-order valence-electron chi connectivity index (χ0n) is 16.1. The highest BCUT2D eigenvalue weighted by molar-refractivity contribution is 7.97. The van der Waals surface area contributed by atoms with Crippen LogP contribution < -0.4 is 0 Å². The molecule has 1 fully saturated rings. The summed E-state index contributed by atoms with van der Waals surface area (Å²) in [6, 6.07) is 12.1. The summed E-state index contributed by atoms with van der Waals surface area (Å²) < 4.78 is 2.08. The Hall–Kier alpha value is -2.38. The van der Waals surface area contributed by atoms with Crippen molar-refractivity contribution in [3.63, 3.8) is 0 Å². The zero-order chi connectivity index (χ0) is 19.3. The maximum Gasteiger partial charge on any atom is 0.242 e. The summed E-state index contributed by atoms with van der Waals surface area (Å²) in [6.07, 6.45) is 5.77. The maximum absolute atomic E-state index is 13.0. The van der Waals surface area contributed by atoms with Crippen LogP contribution in [0.1, 0.15) is 11.4 Å². The van der Waals surface area contributed by atoms with Gasteiger partial charge in [0.1, 0.15) is 12.4 Å². The predicted molar refractivity (Wildman–Crippen MR) is 113 cm³/mol. The highest BCUT2D eigenvalue weighted by Crippen LogP contribution is 2.19. The molecular formula is C21H25N5OS. The third kappa shape index (κ3) is 4.20. The fraction of sp³-hybridized carbons (Fsp3) is 0.381. The lowest BCUT2D eigenvalue weighted by atomic mass is 10.2. The molecule has 3 aromatic rings. The molecular weight excluding hydrogens is 370 g/mol. The van der Waals surface area contributed by atoms with E-state index in [-0.39, 0.29) is 5.91 Å². The second-order valence-electron chi connectivity index (χ2n) is 7.05. The first kappa shape index (κ1) is 19.0. The number of piperazine rings is 1. The number of para-hydroxylation sites is 2. The standard InChI is InChI=1S/C21H25N5OS/c1-28-16-20-23-18-6-2-3-7-19(18)26(20)15-21(27)25-11-9-24(10-12-25)14-17-5-4-8-22-13-17/h2-8,13H,9-12,14-16H2,1H3. The van der Waals surface area contributed by atoms with E-state index < -0.39 is 0 Å². The van der Waals surface area contributed by atoms with E-state index in [2.05, 4.69) is 26.8 Å². The van der Waals surface area contributed by atoms with Crippen LogP contribution in [0.15, 0.2) is 48.8 Å². The van der Waals surface area contributed by atoms with Crippen LogP contribution in [0.5, 0.6) is 0 Å². The number of hydrogen-bond donors (Lipinski definition) is 0. The number of amides is 1. The first-order chi connectivity index (χ1) is 13.7. The van der Waals surface area contributed by atoms with Gasteiger partial charge in [0.25, 0.3) is 0 Å². The predicted octanol–water partition coefficient (Wildman–Crippen LogP) is 2.64. The van der Waals surface area contributed by atoms with Crippen LogP contribution in [-0.2, 0) is 23.6 Å². The zero-order valence-corrected chi connectivity index (χ0v) is 16.9. The number of hydrogen-bond acceptors (Lipinski definition) is 5. The summed E-state index contributed by atoms with van der Waals surface area (Å²) in [6.45, 7) is 4.57. The molecule has 1 aromatic carbocycles. The van der Waals surface area contributed by atoms with Gasteiger partial charge in [-0.15, -0.1) is 0 Å².